The van der Waals surface area contributed by atoms with Crippen LogP contribution in [0.15, 0.2) is 41.6 Å². The Morgan fingerprint density at radius 3 is 2.83 bits per heavy atom. The molecule has 2 aromatic rings. The van der Waals surface area contributed by atoms with E-state index in [1.807, 2.05) is 19.9 Å². The molecule has 0 bridgehead atoms. The Hall–Kier alpha value is -2.43. The highest BCUT2D eigenvalue weighted by Crippen LogP contribution is 2.37. The highest BCUT2D eigenvalue weighted by molar-refractivity contribution is 8.11. The quantitative estimate of drug-likeness (QED) is 0.325. The topological polar surface area (TPSA) is 88.2 Å². The fourth-order valence-corrected chi connectivity index (χ4v) is 5.97. The molecule has 2 heterocycles. The zero-order chi connectivity index (χ0) is 25.7. The Balaban J connectivity index is 1.54. The number of anilines is 2. The molecule has 0 spiro atoms. The van der Waals surface area contributed by atoms with Gasteiger partial charge in [0.2, 0.25) is 5.95 Å². The van der Waals surface area contributed by atoms with Crippen molar-refractivity contribution in [3.8, 4) is 5.75 Å². The van der Waals surface area contributed by atoms with Crippen LogP contribution < -0.4 is 20.1 Å². The summed E-state index contributed by atoms with van der Waals surface area (Å²) in [4.78, 5) is 10.7. The summed E-state index contributed by atoms with van der Waals surface area (Å²) >= 11 is 1.42. The summed E-state index contributed by atoms with van der Waals surface area (Å²) in [5.41, 5.74) is 1.94. The average molecular weight is 532 g/mol. The zero-order valence-corrected chi connectivity index (χ0v) is 22.7. The molecule has 36 heavy (non-hydrogen) atoms. The average Bonchev–Trinajstić information content (AvgIpc) is 3.65. The van der Waals surface area contributed by atoms with Crippen molar-refractivity contribution in [1.82, 2.24) is 15.3 Å². The molecule has 0 amide bonds. The van der Waals surface area contributed by atoms with Crippen molar-refractivity contribution in [2.75, 3.05) is 28.9 Å². The van der Waals surface area contributed by atoms with E-state index in [-0.39, 0.29) is 11.8 Å². The van der Waals surface area contributed by atoms with Crippen LogP contribution in [0.1, 0.15) is 50.8 Å². The molecular weight excluding hydrogens is 497 g/mol. The second kappa shape index (κ2) is 12.2. The molecule has 3 N–H and O–H groups in total. The van der Waals surface area contributed by atoms with E-state index in [2.05, 4.69) is 26.9 Å². The molecule has 2 unspecified atom stereocenters. The van der Waals surface area contributed by atoms with E-state index in [1.54, 1.807) is 19.2 Å². The van der Waals surface area contributed by atoms with Gasteiger partial charge in [0.05, 0.1) is 16.3 Å². The summed E-state index contributed by atoms with van der Waals surface area (Å²) in [5, 5.41) is 6.78. The number of nitrogens with one attached hydrogen (secondary N) is 3. The smallest absolute Gasteiger partial charge is 0.223 e. The molecule has 1 saturated heterocycles. The van der Waals surface area contributed by atoms with Gasteiger partial charge in [-0.3, -0.25) is 0 Å². The molecule has 4 rings (SSSR count). The van der Waals surface area contributed by atoms with Crippen molar-refractivity contribution < 1.29 is 13.3 Å². The number of piperidine rings is 1. The van der Waals surface area contributed by atoms with Gasteiger partial charge >= 0.3 is 0 Å². The third kappa shape index (κ3) is 7.54. The molecule has 2 aliphatic rings. The lowest BCUT2D eigenvalue weighted by molar-refractivity contribution is 0.401. The summed E-state index contributed by atoms with van der Waals surface area (Å²) in [7, 11) is -1.22. The van der Waals surface area contributed by atoms with Crippen LogP contribution in [0.5, 0.6) is 5.75 Å². The lowest BCUT2D eigenvalue weighted by Crippen LogP contribution is -2.38. The molecule has 1 aliphatic heterocycles. The minimum atomic E-state index is -1.22. The van der Waals surface area contributed by atoms with Gasteiger partial charge in [-0.15, -0.1) is 0 Å². The highest BCUT2D eigenvalue weighted by Gasteiger charge is 2.24. The number of thioether (sulfide) groups is 1. The summed E-state index contributed by atoms with van der Waals surface area (Å²) in [6, 6.07) is 5.06. The first kappa shape index (κ1) is 26.6. The number of aromatic nitrogens is 2. The maximum atomic E-state index is 15.0. The highest BCUT2D eigenvalue weighted by atomic mass is 32.2. The standard InChI is InChI=1S/C26H34FN5O2S2/c1-16(2)35-25(22-9-11-29-26(31-22)30-20-6-5-10-28-14-20)18(4)34-24-12-17(3)23(13-21(24)27)32-36(33)15-19-7-8-19/h9,11-13,19-20,28,32H,1,5-8,10,14-15H2,2-4H3,(H,29,30,31)/b25-18+. The van der Waals surface area contributed by atoms with Crippen LogP contribution in [0.2, 0.25) is 0 Å². The fraction of sp³-hybridized carbons (Fsp3) is 0.462. The summed E-state index contributed by atoms with van der Waals surface area (Å²) in [6.45, 7) is 11.5. The molecule has 1 aliphatic carbocycles. The second-order valence-corrected chi connectivity index (χ2v) is 11.9. The minimum Gasteiger partial charge on any atom is -0.458 e. The second-order valence-electron chi connectivity index (χ2n) is 9.40. The number of aryl methyl sites for hydroxylation is 1. The monoisotopic (exact) mass is 531 g/mol. The van der Waals surface area contributed by atoms with Gasteiger partial charge in [0.1, 0.15) is 16.7 Å². The SMILES string of the molecule is C=C(C)S/C(=C(\C)Oc1cc(C)c(NS(=O)CC2CC2)cc1F)c1ccnc(NC2CCCNC2)n1. The Morgan fingerprint density at radius 2 is 2.14 bits per heavy atom. The Labute approximate surface area is 219 Å². The van der Waals surface area contributed by atoms with Crippen LogP contribution in [-0.2, 0) is 11.0 Å². The maximum Gasteiger partial charge on any atom is 0.223 e. The normalized spacial score (nSPS) is 19.3. The molecule has 10 heteroatoms. The number of nitrogens with zero attached hydrogens (tertiary/aromatic N) is 2. The van der Waals surface area contributed by atoms with Crippen molar-refractivity contribution in [3.63, 3.8) is 0 Å². The number of halogens is 1. The van der Waals surface area contributed by atoms with Crippen molar-refractivity contribution in [3.05, 3.63) is 58.7 Å². The molecule has 2 fully saturated rings. The molecule has 1 aromatic heterocycles. The number of allylic oxidation sites excluding steroid dienone is 2. The molecule has 2 atom stereocenters. The summed E-state index contributed by atoms with van der Waals surface area (Å²) in [6.07, 6.45) is 6.11. The zero-order valence-electron chi connectivity index (χ0n) is 21.0. The van der Waals surface area contributed by atoms with E-state index in [1.165, 1.54) is 17.8 Å². The van der Waals surface area contributed by atoms with Gasteiger partial charge in [-0.2, -0.15) is 0 Å². The minimum absolute atomic E-state index is 0.101. The van der Waals surface area contributed by atoms with Gasteiger partial charge in [0, 0.05) is 30.6 Å². The molecular formula is C26H34FN5O2S2. The van der Waals surface area contributed by atoms with E-state index in [4.69, 9.17) is 9.72 Å². The number of ether oxygens (including phenoxy) is 1. The predicted molar refractivity (Wildman–Crippen MR) is 148 cm³/mol. The van der Waals surface area contributed by atoms with Crippen molar-refractivity contribution in [1.29, 1.82) is 0 Å². The Bertz CT molecular complexity index is 1160. The number of hydrogen-bond donors (Lipinski definition) is 3. The van der Waals surface area contributed by atoms with E-state index < -0.39 is 16.8 Å². The van der Waals surface area contributed by atoms with Crippen LogP contribution in [0.25, 0.3) is 4.91 Å². The lowest BCUT2D eigenvalue weighted by atomic mass is 10.1. The first-order valence-corrected chi connectivity index (χ1v) is 14.4. The summed E-state index contributed by atoms with van der Waals surface area (Å²) in [5.74, 6) is 1.73. The van der Waals surface area contributed by atoms with Gasteiger partial charge in [0.15, 0.2) is 11.6 Å². The first-order valence-electron chi connectivity index (χ1n) is 12.3. The molecule has 194 valence electrons. The number of benzene rings is 1. The maximum absolute atomic E-state index is 15.0. The summed E-state index contributed by atoms with van der Waals surface area (Å²) < 4.78 is 36.3. The van der Waals surface area contributed by atoms with E-state index in [0.29, 0.717) is 34.8 Å². The largest absolute Gasteiger partial charge is 0.458 e. The Morgan fingerprint density at radius 1 is 1.33 bits per heavy atom. The first-order chi connectivity index (χ1) is 17.3. The molecule has 1 saturated carbocycles. The molecule has 7 nitrogen and oxygen atoms in total. The van der Waals surface area contributed by atoms with Gasteiger partial charge in [-0.05, 0) is 81.5 Å². The van der Waals surface area contributed by atoms with Crippen LogP contribution in [0, 0.1) is 18.7 Å². The number of hydrogen-bond acceptors (Lipinski definition) is 7. The molecule has 0 radical (unpaired) electrons. The van der Waals surface area contributed by atoms with E-state index >= 15 is 4.39 Å². The number of rotatable bonds is 11. The van der Waals surface area contributed by atoms with Crippen molar-refractivity contribution in [2.45, 2.75) is 52.5 Å². The molecule has 1 aromatic carbocycles. The van der Waals surface area contributed by atoms with Gasteiger partial charge in [-0.25, -0.2) is 18.6 Å². The van der Waals surface area contributed by atoms with Gasteiger partial charge in [0.25, 0.3) is 0 Å². The Kier molecular flexibility index (Phi) is 9.03. The van der Waals surface area contributed by atoms with Crippen LogP contribution >= 0.6 is 11.8 Å². The van der Waals surface area contributed by atoms with Gasteiger partial charge < -0.3 is 20.1 Å². The van der Waals surface area contributed by atoms with E-state index in [9.17, 15) is 4.21 Å². The van der Waals surface area contributed by atoms with Crippen LogP contribution in [0.3, 0.4) is 0 Å². The third-order valence-corrected chi connectivity index (χ3v) is 8.24. The van der Waals surface area contributed by atoms with Gasteiger partial charge in [-0.1, -0.05) is 18.3 Å². The predicted octanol–water partition coefficient (Wildman–Crippen LogP) is 5.61. The van der Waals surface area contributed by atoms with Crippen molar-refractivity contribution >= 4 is 39.3 Å². The van der Waals surface area contributed by atoms with Crippen LogP contribution in [-0.4, -0.2) is 39.1 Å². The lowest BCUT2D eigenvalue weighted by Gasteiger charge is -2.24. The third-order valence-electron chi connectivity index (χ3n) is 5.96. The van der Waals surface area contributed by atoms with E-state index in [0.717, 1.165) is 54.1 Å². The fourth-order valence-electron chi connectivity index (χ4n) is 3.91. The van der Waals surface area contributed by atoms with Crippen molar-refractivity contribution in [2.24, 2.45) is 5.92 Å². The van der Waals surface area contributed by atoms with Crippen LogP contribution in [0.4, 0.5) is 16.0 Å².